The van der Waals surface area contributed by atoms with Gasteiger partial charge in [0.2, 0.25) is 0 Å². The lowest BCUT2D eigenvalue weighted by Crippen LogP contribution is -2.44. The van der Waals surface area contributed by atoms with Crippen LogP contribution in [0, 0.1) is 0 Å². The van der Waals surface area contributed by atoms with Crippen LogP contribution < -0.4 is 9.47 Å². The molecule has 2 aliphatic heterocycles. The smallest absolute Gasteiger partial charge is 0.283 e. The highest BCUT2D eigenvalue weighted by atomic mass is 35.5. The normalized spacial score (nSPS) is 17.4. The molecule has 3 aromatic rings. The number of carbonyl (C=O) groups is 1. The third-order valence-corrected chi connectivity index (χ3v) is 7.94. The molecule has 0 saturated heterocycles. The van der Waals surface area contributed by atoms with E-state index in [1.54, 1.807) is 19.1 Å². The van der Waals surface area contributed by atoms with Crippen LogP contribution in [0.3, 0.4) is 0 Å². The maximum absolute atomic E-state index is 13.3. The fourth-order valence-corrected chi connectivity index (χ4v) is 5.91. The van der Waals surface area contributed by atoms with Crippen molar-refractivity contribution < 1.29 is 22.7 Å². The summed E-state index contributed by atoms with van der Waals surface area (Å²) >= 11 is 5.91. The van der Waals surface area contributed by atoms with E-state index in [0.29, 0.717) is 47.2 Å². The average molecular weight is 474 g/mol. The van der Waals surface area contributed by atoms with E-state index in [-0.39, 0.29) is 16.8 Å². The fourth-order valence-electron chi connectivity index (χ4n) is 4.47. The molecule has 3 heterocycles. The van der Waals surface area contributed by atoms with Crippen LogP contribution in [-0.4, -0.2) is 49.2 Å². The third kappa shape index (κ3) is 3.07. The van der Waals surface area contributed by atoms with Crippen molar-refractivity contribution in [2.24, 2.45) is 0 Å². The Balaban J connectivity index is 1.61. The Morgan fingerprint density at radius 1 is 1.09 bits per heavy atom. The molecule has 0 N–H and O–H groups in total. The van der Waals surface area contributed by atoms with Crippen LogP contribution in [0.5, 0.6) is 11.5 Å². The van der Waals surface area contributed by atoms with Gasteiger partial charge < -0.3 is 14.4 Å². The summed E-state index contributed by atoms with van der Waals surface area (Å²) in [4.78, 5) is 15.1. The number of fused-ring (bicyclic) bond motifs is 4. The molecule has 0 fully saturated rings. The molecule has 1 aromatic heterocycles. The highest BCUT2D eigenvalue weighted by Crippen LogP contribution is 2.42. The number of aromatic nitrogens is 2. The first-order valence-corrected chi connectivity index (χ1v) is 11.8. The van der Waals surface area contributed by atoms with E-state index in [1.807, 2.05) is 12.1 Å². The van der Waals surface area contributed by atoms with Crippen LogP contribution in [0.2, 0.25) is 5.02 Å². The molecule has 1 unspecified atom stereocenters. The molecule has 0 spiro atoms. The number of halogens is 1. The predicted molar refractivity (Wildman–Crippen MR) is 117 cm³/mol. The van der Waals surface area contributed by atoms with Gasteiger partial charge in [-0.1, -0.05) is 11.6 Å². The molecule has 166 valence electrons. The number of hydrogen-bond acceptors (Lipinski definition) is 6. The van der Waals surface area contributed by atoms with E-state index >= 15 is 0 Å². The van der Waals surface area contributed by atoms with Crippen LogP contribution >= 0.6 is 11.6 Å². The van der Waals surface area contributed by atoms with Crippen molar-refractivity contribution in [1.29, 1.82) is 0 Å². The molecule has 32 heavy (non-hydrogen) atoms. The lowest BCUT2D eigenvalue weighted by atomic mass is 9.86. The van der Waals surface area contributed by atoms with Crippen molar-refractivity contribution in [3.63, 3.8) is 0 Å². The molecule has 0 aliphatic carbocycles. The number of ether oxygens (including phenoxy) is 2. The summed E-state index contributed by atoms with van der Waals surface area (Å²) in [6, 6.07) is 9.34. The maximum Gasteiger partial charge on any atom is 0.283 e. The maximum atomic E-state index is 13.3. The van der Waals surface area contributed by atoms with E-state index < -0.39 is 10.0 Å². The van der Waals surface area contributed by atoms with Gasteiger partial charge in [-0.2, -0.15) is 17.6 Å². The third-order valence-electron chi connectivity index (χ3n) is 6.05. The molecule has 0 radical (unpaired) electrons. The first-order chi connectivity index (χ1) is 15.3. The molecule has 5 rings (SSSR count). The molecule has 10 heteroatoms. The van der Waals surface area contributed by atoms with E-state index in [9.17, 15) is 13.2 Å². The summed E-state index contributed by atoms with van der Waals surface area (Å²) in [5.74, 6) is 0.959. The highest BCUT2D eigenvalue weighted by Gasteiger charge is 2.41. The number of rotatable bonds is 4. The van der Waals surface area contributed by atoms with E-state index in [4.69, 9.17) is 21.1 Å². The summed E-state index contributed by atoms with van der Waals surface area (Å²) < 4.78 is 38.4. The summed E-state index contributed by atoms with van der Waals surface area (Å²) in [6.07, 6.45) is 2.33. The van der Waals surface area contributed by atoms with Crippen LogP contribution in [0.15, 0.2) is 47.5 Å². The van der Waals surface area contributed by atoms with Gasteiger partial charge in [0, 0.05) is 18.0 Å². The second-order valence-corrected chi connectivity index (χ2v) is 9.89. The van der Waals surface area contributed by atoms with Crippen molar-refractivity contribution in [3.8, 4) is 11.5 Å². The van der Waals surface area contributed by atoms with Crippen LogP contribution in [0.4, 0.5) is 0 Å². The van der Waals surface area contributed by atoms with Gasteiger partial charge in [0.25, 0.3) is 15.9 Å². The quantitative estimate of drug-likeness (QED) is 0.578. The lowest BCUT2D eigenvalue weighted by Gasteiger charge is -2.40. The number of amides is 1. The first kappa shape index (κ1) is 20.8. The zero-order chi connectivity index (χ0) is 22.6. The van der Waals surface area contributed by atoms with Crippen LogP contribution in [-0.2, 0) is 22.9 Å². The monoisotopic (exact) mass is 473 g/mol. The molecule has 0 saturated carbocycles. The summed E-state index contributed by atoms with van der Waals surface area (Å²) in [5, 5.41) is 4.53. The summed E-state index contributed by atoms with van der Waals surface area (Å²) in [7, 11) is -0.847. The van der Waals surface area contributed by atoms with Gasteiger partial charge in [-0.15, -0.1) is 0 Å². The van der Waals surface area contributed by atoms with E-state index in [0.717, 1.165) is 15.2 Å². The van der Waals surface area contributed by atoms with Gasteiger partial charge in [-0.3, -0.25) is 4.79 Å². The minimum Gasteiger partial charge on any atom is -0.493 e. The molecule has 2 aliphatic rings. The van der Waals surface area contributed by atoms with Crippen molar-refractivity contribution in [1.82, 2.24) is 14.1 Å². The van der Waals surface area contributed by atoms with Crippen molar-refractivity contribution >= 4 is 27.5 Å². The molecule has 8 nitrogen and oxygen atoms in total. The predicted octanol–water partition coefficient (Wildman–Crippen LogP) is 3.09. The number of benzene rings is 2. The SMILES string of the molecule is COc1cc2c(cc1OC)C1Cc3c(cnn3S(=O)(=O)c3ccc(Cl)cc3)C(=O)N1CC2. The zero-order valence-electron chi connectivity index (χ0n) is 17.4. The highest BCUT2D eigenvalue weighted by molar-refractivity contribution is 7.89. The molecule has 0 bridgehead atoms. The average Bonchev–Trinajstić information content (AvgIpc) is 3.23. The van der Waals surface area contributed by atoms with E-state index in [1.165, 1.54) is 30.5 Å². The molecule has 2 aromatic carbocycles. The Labute approximate surface area is 190 Å². The second kappa shape index (κ2) is 7.53. The summed E-state index contributed by atoms with van der Waals surface area (Å²) in [5.41, 5.74) is 2.65. The van der Waals surface area contributed by atoms with E-state index in [2.05, 4.69) is 5.10 Å². The standard InChI is InChI=1S/C22H20ClN3O5S/c1-30-20-9-13-7-8-25-18(16(13)10-21(20)31-2)11-19-17(22(25)27)12-24-26(19)32(28,29)15-5-3-14(23)4-6-15/h3-6,9-10,12,18H,7-8,11H2,1-2H3. The summed E-state index contributed by atoms with van der Waals surface area (Å²) in [6.45, 7) is 0.528. The fraction of sp³-hybridized carbons (Fsp3) is 0.273. The number of nitrogens with zero attached hydrogens (tertiary/aromatic N) is 3. The van der Waals surface area contributed by atoms with Gasteiger partial charge in [0.15, 0.2) is 11.5 Å². The Morgan fingerprint density at radius 2 is 1.78 bits per heavy atom. The van der Waals surface area contributed by atoms with Crippen molar-refractivity contribution in [2.45, 2.75) is 23.8 Å². The number of methoxy groups -OCH3 is 2. The van der Waals surface area contributed by atoms with Crippen molar-refractivity contribution in [2.75, 3.05) is 20.8 Å². The number of hydrogen-bond donors (Lipinski definition) is 0. The number of carbonyl (C=O) groups excluding carboxylic acids is 1. The van der Waals surface area contributed by atoms with Gasteiger partial charge in [-0.25, -0.2) is 0 Å². The van der Waals surface area contributed by atoms with Gasteiger partial charge in [0.05, 0.1) is 42.6 Å². The molecule has 1 amide bonds. The van der Waals surface area contributed by atoms with Crippen molar-refractivity contribution in [3.05, 3.63) is 70.0 Å². The molecule has 1 atom stereocenters. The Bertz CT molecular complexity index is 1330. The van der Waals surface area contributed by atoms with Gasteiger partial charge >= 0.3 is 0 Å². The minimum atomic E-state index is -3.98. The lowest BCUT2D eigenvalue weighted by molar-refractivity contribution is 0.0629. The Morgan fingerprint density at radius 3 is 2.47 bits per heavy atom. The molecular weight excluding hydrogens is 454 g/mol. The Hall–Kier alpha value is -3.04. The topological polar surface area (TPSA) is 90.7 Å². The molecular formula is C22H20ClN3O5S. The Kier molecular flexibility index (Phi) is 4.90. The van der Waals surface area contributed by atoms with Gasteiger partial charge in [0.1, 0.15) is 0 Å². The van der Waals surface area contributed by atoms with Crippen LogP contribution in [0.1, 0.15) is 33.2 Å². The van der Waals surface area contributed by atoms with Gasteiger partial charge in [-0.05, 0) is 53.9 Å². The van der Waals surface area contributed by atoms with Crippen LogP contribution in [0.25, 0.3) is 0 Å². The second-order valence-electron chi connectivity index (χ2n) is 7.68. The minimum absolute atomic E-state index is 0.0538. The zero-order valence-corrected chi connectivity index (χ0v) is 19.0. The largest absolute Gasteiger partial charge is 0.493 e. The first-order valence-electron chi connectivity index (χ1n) is 9.99.